The third-order valence-corrected chi connectivity index (χ3v) is 4.09. The molecule has 0 aliphatic carbocycles. The Hall–Kier alpha value is -0.910. The van der Waals surface area contributed by atoms with Gasteiger partial charge in [0.1, 0.15) is 12.4 Å². The van der Waals surface area contributed by atoms with E-state index in [4.69, 9.17) is 4.74 Å². The molecule has 0 aliphatic heterocycles. The van der Waals surface area contributed by atoms with Crippen molar-refractivity contribution >= 4 is 31.9 Å². The summed E-state index contributed by atoms with van der Waals surface area (Å²) in [7, 11) is 0. The van der Waals surface area contributed by atoms with Gasteiger partial charge in [-0.15, -0.1) is 0 Å². The summed E-state index contributed by atoms with van der Waals surface area (Å²) in [4.78, 5) is 4.13. The van der Waals surface area contributed by atoms with Crippen molar-refractivity contribution in [1.29, 1.82) is 0 Å². The first kappa shape index (κ1) is 16.5. The number of nitrogens with zero attached hydrogens (tertiary/aromatic N) is 1. The van der Waals surface area contributed by atoms with Crippen molar-refractivity contribution < 1.29 is 4.74 Å². The number of benzene rings is 1. The lowest BCUT2D eigenvalue weighted by Gasteiger charge is -2.12. The van der Waals surface area contributed by atoms with Crippen LogP contribution in [-0.2, 0) is 13.2 Å². The highest BCUT2D eigenvalue weighted by atomic mass is 79.9. The molecule has 1 N–H and O–H groups in total. The molecule has 112 valence electrons. The number of ether oxygens (including phenoxy) is 1. The van der Waals surface area contributed by atoms with Crippen LogP contribution < -0.4 is 10.1 Å². The molecular formula is C16H18Br2N2O. The number of hydrogen-bond acceptors (Lipinski definition) is 3. The van der Waals surface area contributed by atoms with E-state index in [9.17, 15) is 0 Å². The molecule has 2 aromatic rings. The zero-order valence-electron chi connectivity index (χ0n) is 12.1. The number of halogens is 2. The standard InChI is InChI=1S/C16H18Br2N2O/c1-11(2)20-8-13-6-15(3-4-16(13)18)21-10-12-5-14(17)9-19-7-12/h3-7,9,11,20H,8,10H2,1-2H3. The summed E-state index contributed by atoms with van der Waals surface area (Å²) in [5.74, 6) is 0.860. The Labute approximate surface area is 142 Å². The topological polar surface area (TPSA) is 34.1 Å². The molecule has 1 heterocycles. The van der Waals surface area contributed by atoms with Gasteiger partial charge in [0.15, 0.2) is 0 Å². The van der Waals surface area contributed by atoms with E-state index in [1.165, 1.54) is 5.56 Å². The highest BCUT2D eigenvalue weighted by Gasteiger charge is 2.04. The minimum atomic E-state index is 0.453. The van der Waals surface area contributed by atoms with Crippen LogP contribution >= 0.6 is 31.9 Å². The molecule has 0 radical (unpaired) electrons. The summed E-state index contributed by atoms with van der Waals surface area (Å²) in [6.07, 6.45) is 3.57. The molecule has 2 rings (SSSR count). The normalized spacial score (nSPS) is 10.9. The van der Waals surface area contributed by atoms with Crippen molar-refractivity contribution in [2.45, 2.75) is 33.0 Å². The van der Waals surface area contributed by atoms with E-state index in [1.54, 1.807) is 6.20 Å². The van der Waals surface area contributed by atoms with E-state index in [0.29, 0.717) is 12.6 Å². The van der Waals surface area contributed by atoms with Gasteiger partial charge in [-0.05, 0) is 45.8 Å². The fourth-order valence-electron chi connectivity index (χ4n) is 1.79. The van der Waals surface area contributed by atoms with Crippen molar-refractivity contribution in [3.05, 3.63) is 56.7 Å². The fourth-order valence-corrected chi connectivity index (χ4v) is 2.59. The quantitative estimate of drug-likeness (QED) is 0.746. The molecular weight excluding hydrogens is 396 g/mol. The summed E-state index contributed by atoms with van der Waals surface area (Å²) in [6, 6.07) is 8.51. The monoisotopic (exact) mass is 412 g/mol. The van der Waals surface area contributed by atoms with Crippen molar-refractivity contribution in [3.8, 4) is 5.75 Å². The third kappa shape index (κ3) is 5.41. The first-order valence-electron chi connectivity index (χ1n) is 6.78. The van der Waals surface area contributed by atoms with Crippen LogP contribution in [0.2, 0.25) is 0 Å². The predicted molar refractivity (Wildman–Crippen MR) is 92.4 cm³/mol. The minimum Gasteiger partial charge on any atom is -0.489 e. The molecule has 0 spiro atoms. The first-order valence-corrected chi connectivity index (χ1v) is 8.37. The van der Waals surface area contributed by atoms with Crippen LogP contribution in [0.3, 0.4) is 0 Å². The molecule has 0 aliphatic rings. The lowest BCUT2D eigenvalue weighted by Crippen LogP contribution is -2.22. The molecule has 0 amide bonds. The molecule has 3 nitrogen and oxygen atoms in total. The van der Waals surface area contributed by atoms with Gasteiger partial charge in [-0.3, -0.25) is 4.98 Å². The maximum Gasteiger partial charge on any atom is 0.120 e. The molecule has 1 aromatic heterocycles. The Morgan fingerprint density at radius 1 is 1.19 bits per heavy atom. The number of pyridine rings is 1. The summed E-state index contributed by atoms with van der Waals surface area (Å²) in [5.41, 5.74) is 2.22. The van der Waals surface area contributed by atoms with Crippen LogP contribution in [-0.4, -0.2) is 11.0 Å². The first-order chi connectivity index (χ1) is 10.0. The average Bonchev–Trinajstić information content (AvgIpc) is 2.45. The highest BCUT2D eigenvalue weighted by Crippen LogP contribution is 2.23. The molecule has 0 atom stereocenters. The van der Waals surface area contributed by atoms with E-state index >= 15 is 0 Å². The number of rotatable bonds is 6. The van der Waals surface area contributed by atoms with Crippen molar-refractivity contribution in [2.24, 2.45) is 0 Å². The maximum atomic E-state index is 5.84. The van der Waals surface area contributed by atoms with E-state index in [0.717, 1.165) is 26.8 Å². The largest absolute Gasteiger partial charge is 0.489 e. The lowest BCUT2D eigenvalue weighted by molar-refractivity contribution is 0.305. The minimum absolute atomic E-state index is 0.453. The molecule has 0 fully saturated rings. The molecule has 0 bridgehead atoms. The Morgan fingerprint density at radius 3 is 2.71 bits per heavy atom. The zero-order chi connectivity index (χ0) is 15.2. The Kier molecular flexibility index (Phi) is 6.21. The van der Waals surface area contributed by atoms with E-state index in [2.05, 4.69) is 62.1 Å². The van der Waals surface area contributed by atoms with E-state index in [-0.39, 0.29) is 0 Å². The zero-order valence-corrected chi connectivity index (χ0v) is 15.2. The predicted octanol–water partition coefficient (Wildman–Crippen LogP) is 4.68. The lowest BCUT2D eigenvalue weighted by atomic mass is 10.2. The van der Waals surface area contributed by atoms with Gasteiger partial charge in [-0.25, -0.2) is 0 Å². The van der Waals surface area contributed by atoms with Gasteiger partial charge in [0.05, 0.1) is 0 Å². The summed E-state index contributed by atoms with van der Waals surface area (Å²) in [5, 5.41) is 3.41. The van der Waals surface area contributed by atoms with Crippen molar-refractivity contribution in [3.63, 3.8) is 0 Å². The number of hydrogen-bond donors (Lipinski definition) is 1. The van der Waals surface area contributed by atoms with E-state index < -0.39 is 0 Å². The molecule has 0 saturated carbocycles. The second-order valence-corrected chi connectivity index (χ2v) is 6.86. The van der Waals surface area contributed by atoms with Crippen molar-refractivity contribution in [2.75, 3.05) is 0 Å². The summed E-state index contributed by atoms with van der Waals surface area (Å²) in [6.45, 7) is 5.59. The highest BCUT2D eigenvalue weighted by molar-refractivity contribution is 9.10. The maximum absolute atomic E-state index is 5.84. The van der Waals surface area contributed by atoms with Gasteiger partial charge in [0, 0.05) is 39.5 Å². The molecule has 0 unspecified atom stereocenters. The second-order valence-electron chi connectivity index (χ2n) is 5.09. The van der Waals surface area contributed by atoms with Gasteiger partial charge in [0.25, 0.3) is 0 Å². The molecule has 21 heavy (non-hydrogen) atoms. The Balaban J connectivity index is 2.01. The van der Waals surface area contributed by atoms with Crippen LogP contribution in [0.25, 0.3) is 0 Å². The average molecular weight is 414 g/mol. The molecule has 1 aromatic carbocycles. The number of nitrogens with one attached hydrogen (secondary N) is 1. The van der Waals surface area contributed by atoms with Crippen LogP contribution in [0.4, 0.5) is 0 Å². The Morgan fingerprint density at radius 2 is 2.00 bits per heavy atom. The number of aromatic nitrogens is 1. The SMILES string of the molecule is CC(C)NCc1cc(OCc2cncc(Br)c2)ccc1Br. The molecule has 5 heteroatoms. The third-order valence-electron chi connectivity index (χ3n) is 2.88. The Bertz CT molecular complexity index is 603. The summed E-state index contributed by atoms with van der Waals surface area (Å²) < 4.78 is 7.89. The van der Waals surface area contributed by atoms with Gasteiger partial charge in [-0.2, -0.15) is 0 Å². The van der Waals surface area contributed by atoms with Crippen LogP contribution in [0, 0.1) is 0 Å². The second kappa shape index (κ2) is 7.92. The van der Waals surface area contributed by atoms with Crippen LogP contribution in [0.1, 0.15) is 25.0 Å². The fraction of sp³-hybridized carbons (Fsp3) is 0.312. The van der Waals surface area contributed by atoms with Gasteiger partial charge >= 0.3 is 0 Å². The van der Waals surface area contributed by atoms with Crippen LogP contribution in [0.5, 0.6) is 5.75 Å². The van der Waals surface area contributed by atoms with Crippen molar-refractivity contribution in [1.82, 2.24) is 10.3 Å². The van der Waals surface area contributed by atoms with Gasteiger partial charge in [-0.1, -0.05) is 29.8 Å². The van der Waals surface area contributed by atoms with Crippen LogP contribution in [0.15, 0.2) is 45.6 Å². The van der Waals surface area contributed by atoms with Gasteiger partial charge in [0.2, 0.25) is 0 Å². The summed E-state index contributed by atoms with van der Waals surface area (Å²) >= 11 is 6.99. The smallest absolute Gasteiger partial charge is 0.120 e. The molecule has 0 saturated heterocycles. The van der Waals surface area contributed by atoms with Gasteiger partial charge < -0.3 is 10.1 Å². The van der Waals surface area contributed by atoms with E-state index in [1.807, 2.05) is 24.4 Å².